The van der Waals surface area contributed by atoms with E-state index in [1.807, 2.05) is 31.2 Å². The van der Waals surface area contributed by atoms with Crippen molar-refractivity contribution in [3.05, 3.63) is 59.7 Å². The topological polar surface area (TPSA) is 125 Å². The lowest BCUT2D eigenvalue weighted by atomic mass is 9.98. The normalized spacial score (nSPS) is 14.0. The van der Waals surface area contributed by atoms with Gasteiger partial charge in [0.1, 0.15) is 6.61 Å². The van der Waals surface area contributed by atoms with Gasteiger partial charge in [0, 0.05) is 18.9 Å². The lowest BCUT2D eigenvalue weighted by molar-refractivity contribution is -0.146. The van der Waals surface area contributed by atoms with E-state index < -0.39 is 18.2 Å². The largest absolute Gasteiger partial charge is 0.479 e. The summed E-state index contributed by atoms with van der Waals surface area (Å²) in [6.07, 6.45) is -0.591. The van der Waals surface area contributed by atoms with Crippen molar-refractivity contribution in [3.8, 4) is 11.1 Å². The summed E-state index contributed by atoms with van der Waals surface area (Å²) in [6.45, 7) is 2.35. The maximum Gasteiger partial charge on any atom is 0.407 e. The van der Waals surface area contributed by atoms with Gasteiger partial charge in [0.05, 0.1) is 6.54 Å². The molecule has 8 heteroatoms. The van der Waals surface area contributed by atoms with Crippen molar-refractivity contribution in [2.75, 3.05) is 19.7 Å². The third-order valence-corrected chi connectivity index (χ3v) is 5.89. The smallest absolute Gasteiger partial charge is 0.407 e. The monoisotopic (exact) mass is 454 g/mol. The van der Waals surface area contributed by atoms with Gasteiger partial charge in [0.15, 0.2) is 6.10 Å². The zero-order valence-corrected chi connectivity index (χ0v) is 18.6. The fraction of sp³-hybridized carbons (Fsp3) is 0.400. The van der Waals surface area contributed by atoms with Crippen LogP contribution in [0.25, 0.3) is 11.1 Å². The van der Waals surface area contributed by atoms with Crippen molar-refractivity contribution in [2.24, 2.45) is 5.92 Å². The minimum atomic E-state index is -1.60. The van der Waals surface area contributed by atoms with Crippen molar-refractivity contribution in [3.63, 3.8) is 0 Å². The number of hydrogen-bond acceptors (Lipinski definition) is 5. The van der Waals surface area contributed by atoms with Gasteiger partial charge in [-0.2, -0.15) is 0 Å². The summed E-state index contributed by atoms with van der Waals surface area (Å²) >= 11 is 0. The first kappa shape index (κ1) is 24.3. The van der Waals surface area contributed by atoms with Gasteiger partial charge < -0.3 is 25.6 Å². The lowest BCUT2D eigenvalue weighted by Gasteiger charge is -2.15. The molecular formula is C25H30N2O6. The van der Waals surface area contributed by atoms with Crippen molar-refractivity contribution in [2.45, 2.75) is 38.2 Å². The van der Waals surface area contributed by atoms with Gasteiger partial charge in [-0.3, -0.25) is 4.79 Å². The van der Waals surface area contributed by atoms with Crippen molar-refractivity contribution >= 4 is 18.0 Å². The summed E-state index contributed by atoms with van der Waals surface area (Å²) in [7, 11) is 0. The van der Waals surface area contributed by atoms with Crippen LogP contribution in [0.1, 0.15) is 43.2 Å². The molecule has 1 aliphatic rings. The number of hydrogen-bond donors (Lipinski definition) is 4. The number of rotatable bonds is 11. The molecule has 0 fully saturated rings. The summed E-state index contributed by atoms with van der Waals surface area (Å²) in [5, 5.41) is 22.9. The highest BCUT2D eigenvalue weighted by molar-refractivity contribution is 5.79. The second-order valence-electron chi connectivity index (χ2n) is 8.34. The number of alkyl carbamates (subject to hydrolysis) is 1. The maximum atomic E-state index is 12.2. The Kier molecular flexibility index (Phi) is 8.43. The highest BCUT2D eigenvalue weighted by Gasteiger charge is 2.28. The van der Waals surface area contributed by atoms with Crippen molar-refractivity contribution in [1.29, 1.82) is 0 Å². The number of aliphatic hydroxyl groups is 1. The Morgan fingerprint density at radius 3 is 2.18 bits per heavy atom. The number of nitrogens with one attached hydrogen (secondary N) is 2. The van der Waals surface area contributed by atoms with Crippen LogP contribution >= 0.6 is 0 Å². The molecule has 0 heterocycles. The minimum Gasteiger partial charge on any atom is -0.479 e. The number of benzene rings is 2. The molecule has 3 rings (SSSR count). The molecule has 2 aromatic rings. The number of aliphatic carboxylic acids is 1. The summed E-state index contributed by atoms with van der Waals surface area (Å²) in [4.78, 5) is 34.5. The van der Waals surface area contributed by atoms with Gasteiger partial charge in [-0.25, -0.2) is 9.59 Å². The van der Waals surface area contributed by atoms with Gasteiger partial charge in [0.25, 0.3) is 0 Å². The fourth-order valence-corrected chi connectivity index (χ4v) is 3.98. The van der Waals surface area contributed by atoms with E-state index in [0.29, 0.717) is 19.4 Å². The van der Waals surface area contributed by atoms with E-state index in [4.69, 9.17) is 14.9 Å². The van der Waals surface area contributed by atoms with Crippen LogP contribution in [0.5, 0.6) is 0 Å². The SMILES string of the molecule is CC(CCNC(=O)OCC1c2ccccc2-c2ccccc21)CCC(=O)NCC(O)C(=O)O. The van der Waals surface area contributed by atoms with Crippen LogP contribution in [0.15, 0.2) is 48.5 Å². The summed E-state index contributed by atoms with van der Waals surface area (Å²) in [5.74, 6) is -1.50. The molecular weight excluding hydrogens is 424 g/mol. The molecule has 0 saturated heterocycles. The van der Waals surface area contributed by atoms with E-state index in [1.54, 1.807) is 0 Å². The first-order valence-corrected chi connectivity index (χ1v) is 11.1. The first-order valence-electron chi connectivity index (χ1n) is 11.1. The van der Waals surface area contributed by atoms with E-state index in [9.17, 15) is 14.4 Å². The molecule has 176 valence electrons. The molecule has 2 aromatic carbocycles. The highest BCUT2D eigenvalue weighted by atomic mass is 16.5. The first-order chi connectivity index (χ1) is 15.9. The van der Waals surface area contributed by atoms with Crippen LogP contribution in [-0.2, 0) is 14.3 Å². The van der Waals surface area contributed by atoms with Crippen molar-refractivity contribution in [1.82, 2.24) is 10.6 Å². The predicted molar refractivity (Wildman–Crippen MR) is 123 cm³/mol. The van der Waals surface area contributed by atoms with Crippen LogP contribution in [-0.4, -0.2) is 54.0 Å². The Hall–Kier alpha value is -3.39. The Morgan fingerprint density at radius 1 is 0.970 bits per heavy atom. The molecule has 33 heavy (non-hydrogen) atoms. The Morgan fingerprint density at radius 2 is 1.58 bits per heavy atom. The van der Waals surface area contributed by atoms with Crippen molar-refractivity contribution < 1.29 is 29.3 Å². The second kappa shape index (κ2) is 11.5. The number of carboxylic acids is 1. The number of carbonyl (C=O) groups excluding carboxylic acids is 2. The molecule has 2 amide bonds. The number of carbonyl (C=O) groups is 3. The summed E-state index contributed by atoms with van der Waals surface area (Å²) in [6, 6.07) is 16.3. The van der Waals surface area contributed by atoms with Gasteiger partial charge in [-0.1, -0.05) is 55.5 Å². The number of carboxylic acid groups (broad SMARTS) is 1. The standard InChI is InChI=1S/C25H30N2O6/c1-16(10-11-23(29)27-14-22(28)24(30)31)12-13-26-25(32)33-15-21-19-8-4-2-6-17(19)18-7-3-5-9-20(18)21/h2-9,16,21-22,28H,10-15H2,1H3,(H,26,32)(H,27,29)(H,30,31). The fourth-order valence-electron chi connectivity index (χ4n) is 3.98. The summed E-state index contributed by atoms with van der Waals surface area (Å²) < 4.78 is 5.51. The average molecular weight is 455 g/mol. The Balaban J connectivity index is 1.36. The van der Waals surface area contributed by atoms with Gasteiger partial charge >= 0.3 is 12.1 Å². The molecule has 0 aliphatic heterocycles. The van der Waals surface area contributed by atoms with Crippen LogP contribution in [0.2, 0.25) is 0 Å². The third-order valence-electron chi connectivity index (χ3n) is 5.89. The van der Waals surface area contributed by atoms with Crippen LogP contribution < -0.4 is 10.6 Å². The number of ether oxygens (including phenoxy) is 1. The van der Waals surface area contributed by atoms with E-state index in [-0.39, 0.29) is 37.3 Å². The average Bonchev–Trinajstić information content (AvgIpc) is 3.13. The maximum absolute atomic E-state index is 12.2. The quantitative estimate of drug-likeness (QED) is 0.414. The molecule has 0 bridgehead atoms. The van der Waals surface area contributed by atoms with E-state index in [1.165, 1.54) is 11.1 Å². The minimum absolute atomic E-state index is 0.0141. The molecule has 1 aliphatic carbocycles. The summed E-state index contributed by atoms with van der Waals surface area (Å²) in [5.41, 5.74) is 4.68. The second-order valence-corrected chi connectivity index (χ2v) is 8.34. The number of amides is 2. The van der Waals surface area contributed by atoms with Crippen LogP contribution in [0, 0.1) is 5.92 Å². The molecule has 0 radical (unpaired) electrons. The molecule has 0 aromatic heterocycles. The number of fused-ring (bicyclic) bond motifs is 3. The number of aliphatic hydroxyl groups excluding tert-OH is 1. The third kappa shape index (κ3) is 6.55. The van der Waals surface area contributed by atoms with E-state index in [0.717, 1.165) is 11.1 Å². The molecule has 4 N–H and O–H groups in total. The molecule has 2 unspecified atom stereocenters. The zero-order valence-electron chi connectivity index (χ0n) is 18.6. The lowest BCUT2D eigenvalue weighted by Crippen LogP contribution is -2.36. The van der Waals surface area contributed by atoms with Gasteiger partial charge in [-0.05, 0) is 41.0 Å². The molecule has 0 saturated carbocycles. The molecule has 8 nitrogen and oxygen atoms in total. The highest BCUT2D eigenvalue weighted by Crippen LogP contribution is 2.44. The molecule has 0 spiro atoms. The van der Waals surface area contributed by atoms with E-state index >= 15 is 0 Å². The van der Waals surface area contributed by atoms with Gasteiger partial charge in [-0.15, -0.1) is 0 Å². The Labute approximate surface area is 193 Å². The Bertz CT molecular complexity index is 947. The predicted octanol–water partition coefficient (Wildman–Crippen LogP) is 2.89. The van der Waals surface area contributed by atoms with Gasteiger partial charge in [0.2, 0.25) is 5.91 Å². The van der Waals surface area contributed by atoms with Crippen LogP contribution in [0.3, 0.4) is 0 Å². The zero-order chi connectivity index (χ0) is 23.8. The molecule has 2 atom stereocenters. The van der Waals surface area contributed by atoms with E-state index in [2.05, 4.69) is 34.9 Å². The van der Waals surface area contributed by atoms with Crippen LogP contribution in [0.4, 0.5) is 4.79 Å².